The molecular weight excluding hydrogens is 388 g/mol. The smallest absolute Gasteiger partial charge is 0.250 e. The fourth-order valence-corrected chi connectivity index (χ4v) is 5.32. The summed E-state index contributed by atoms with van der Waals surface area (Å²) in [7, 11) is 0. The average molecular weight is 415 g/mol. The quantitative estimate of drug-likeness (QED) is 0.739. The molecule has 2 amide bonds. The molecule has 1 aromatic rings. The van der Waals surface area contributed by atoms with Crippen molar-refractivity contribution in [2.75, 3.05) is 12.0 Å². The van der Waals surface area contributed by atoms with E-state index in [0.29, 0.717) is 17.5 Å². The van der Waals surface area contributed by atoms with Crippen LogP contribution in [0.15, 0.2) is 4.52 Å². The van der Waals surface area contributed by atoms with Crippen LogP contribution >= 0.6 is 24.2 Å². The monoisotopic (exact) mass is 414 g/mol. The summed E-state index contributed by atoms with van der Waals surface area (Å²) >= 11 is 1.56. The lowest BCUT2D eigenvalue weighted by Gasteiger charge is -2.23. The molecule has 1 aromatic heterocycles. The molecule has 0 radical (unpaired) electrons. The Hall–Kier alpha value is -1.12. The van der Waals surface area contributed by atoms with Crippen LogP contribution in [0.3, 0.4) is 0 Å². The first kappa shape index (κ1) is 20.6. The highest BCUT2D eigenvalue weighted by Gasteiger charge is 2.52. The molecule has 150 valence electrons. The van der Waals surface area contributed by atoms with Crippen LogP contribution in [0.1, 0.15) is 69.1 Å². The molecule has 0 aromatic carbocycles. The summed E-state index contributed by atoms with van der Waals surface area (Å²) in [6.45, 7) is 0. The first-order valence-corrected chi connectivity index (χ1v) is 10.9. The summed E-state index contributed by atoms with van der Waals surface area (Å²) in [5.74, 6) is 0.927. The van der Waals surface area contributed by atoms with Gasteiger partial charge in [-0.1, -0.05) is 30.8 Å². The molecule has 2 heterocycles. The zero-order chi connectivity index (χ0) is 18.3. The van der Waals surface area contributed by atoms with Gasteiger partial charge < -0.3 is 10.3 Å². The molecule has 3 atom stereocenters. The lowest BCUT2D eigenvalue weighted by atomic mass is 9.81. The van der Waals surface area contributed by atoms with Gasteiger partial charge in [0.05, 0.1) is 17.4 Å². The molecule has 7 nitrogen and oxygen atoms in total. The van der Waals surface area contributed by atoms with Crippen molar-refractivity contribution in [2.45, 2.75) is 62.9 Å². The molecule has 1 aliphatic heterocycles. The van der Waals surface area contributed by atoms with Crippen molar-refractivity contribution in [3.05, 3.63) is 11.7 Å². The number of nitrogens with two attached hydrogens (primary N) is 1. The number of thioether (sulfide) groups is 1. The van der Waals surface area contributed by atoms with E-state index in [1.807, 2.05) is 6.26 Å². The van der Waals surface area contributed by atoms with Gasteiger partial charge in [0.15, 0.2) is 5.82 Å². The molecule has 4 rings (SSSR count). The van der Waals surface area contributed by atoms with Crippen LogP contribution < -0.4 is 5.73 Å². The minimum Gasteiger partial charge on any atom is -0.337 e. The van der Waals surface area contributed by atoms with E-state index in [1.165, 1.54) is 4.90 Å². The number of halogens is 1. The second kappa shape index (κ2) is 8.09. The van der Waals surface area contributed by atoms with Crippen molar-refractivity contribution in [3.8, 4) is 0 Å². The number of hydrogen-bond donors (Lipinski definition) is 1. The first-order chi connectivity index (χ1) is 12.5. The normalized spacial score (nSPS) is 28.1. The minimum atomic E-state index is -0.543. The Morgan fingerprint density at radius 2 is 1.78 bits per heavy atom. The van der Waals surface area contributed by atoms with Gasteiger partial charge in [-0.25, -0.2) is 0 Å². The van der Waals surface area contributed by atoms with Gasteiger partial charge >= 0.3 is 0 Å². The third-order valence-corrected chi connectivity index (χ3v) is 6.83. The molecule has 9 heteroatoms. The molecule has 3 fully saturated rings. The number of carbonyl (C=O) groups excluding carboxylic acids is 2. The van der Waals surface area contributed by atoms with Crippen LogP contribution in [-0.4, -0.2) is 38.9 Å². The van der Waals surface area contributed by atoms with Crippen molar-refractivity contribution in [3.63, 3.8) is 0 Å². The first-order valence-electron chi connectivity index (χ1n) is 9.54. The van der Waals surface area contributed by atoms with E-state index in [9.17, 15) is 9.59 Å². The Balaban J connectivity index is 0.00000210. The maximum absolute atomic E-state index is 12.9. The summed E-state index contributed by atoms with van der Waals surface area (Å²) in [5, 5.41) is 4.12. The van der Waals surface area contributed by atoms with Crippen molar-refractivity contribution >= 4 is 36.0 Å². The van der Waals surface area contributed by atoms with Gasteiger partial charge in [0.1, 0.15) is 6.04 Å². The van der Waals surface area contributed by atoms with Crippen LogP contribution in [0.5, 0.6) is 0 Å². The predicted octanol–water partition coefficient (Wildman–Crippen LogP) is 2.80. The van der Waals surface area contributed by atoms with E-state index in [4.69, 9.17) is 10.3 Å². The summed E-state index contributed by atoms with van der Waals surface area (Å²) in [4.78, 5) is 31.9. The molecule has 3 unspecified atom stereocenters. The number of carbonyl (C=O) groups is 2. The zero-order valence-corrected chi connectivity index (χ0v) is 17.2. The van der Waals surface area contributed by atoms with Gasteiger partial charge in [-0.05, 0) is 31.9 Å². The van der Waals surface area contributed by atoms with Gasteiger partial charge in [0.2, 0.25) is 11.8 Å². The van der Waals surface area contributed by atoms with Crippen molar-refractivity contribution in [2.24, 2.45) is 17.6 Å². The molecule has 27 heavy (non-hydrogen) atoms. The maximum atomic E-state index is 12.9. The molecule has 2 N–H and O–H groups in total. The van der Waals surface area contributed by atoms with E-state index in [1.54, 1.807) is 11.8 Å². The zero-order valence-electron chi connectivity index (χ0n) is 15.6. The number of hydrogen-bond acceptors (Lipinski definition) is 7. The summed E-state index contributed by atoms with van der Waals surface area (Å²) in [6, 6.07) is -0.498. The lowest BCUT2D eigenvalue weighted by Crippen LogP contribution is -2.37. The standard InChI is InChI=1S/C18H26N4O3S.ClH/c1-26-10-13(14-20-17(21-25-14)18(19)8-4-5-9-18)22-15(23)11-6-2-3-7-12(11)16(22)24;/h11-13H,2-10,19H2,1H3;1H. The molecule has 1 saturated heterocycles. The third-order valence-electron chi connectivity index (χ3n) is 6.18. The molecule has 0 bridgehead atoms. The van der Waals surface area contributed by atoms with Crippen molar-refractivity contribution in [1.29, 1.82) is 0 Å². The average Bonchev–Trinajstić information content (AvgIpc) is 3.35. The second-order valence-electron chi connectivity index (χ2n) is 7.83. The maximum Gasteiger partial charge on any atom is 0.250 e. The molecule has 3 aliphatic rings. The fourth-order valence-electron chi connectivity index (χ4n) is 4.71. The highest BCUT2D eigenvalue weighted by atomic mass is 35.5. The Kier molecular flexibility index (Phi) is 6.17. The minimum absolute atomic E-state index is 0. The largest absolute Gasteiger partial charge is 0.337 e. The molecular formula is C18H27ClN4O3S. The Labute approximate surface area is 169 Å². The Morgan fingerprint density at radius 1 is 1.19 bits per heavy atom. The summed E-state index contributed by atoms with van der Waals surface area (Å²) in [5.41, 5.74) is 5.89. The van der Waals surface area contributed by atoms with E-state index in [0.717, 1.165) is 51.4 Å². The van der Waals surface area contributed by atoms with Crippen molar-refractivity contribution < 1.29 is 14.1 Å². The molecule has 0 spiro atoms. The van der Waals surface area contributed by atoms with Gasteiger partial charge in [0.25, 0.3) is 5.89 Å². The topological polar surface area (TPSA) is 102 Å². The van der Waals surface area contributed by atoms with Gasteiger partial charge in [0, 0.05) is 5.75 Å². The SMILES string of the molecule is CSCC(c1nc(C2(N)CCCC2)no1)N1C(=O)C2CCCCC2C1=O.Cl. The van der Waals surface area contributed by atoms with Crippen LogP contribution in [0, 0.1) is 11.8 Å². The lowest BCUT2D eigenvalue weighted by molar-refractivity contribution is -0.142. The predicted molar refractivity (Wildman–Crippen MR) is 104 cm³/mol. The number of fused-ring (bicyclic) bond motifs is 1. The van der Waals surface area contributed by atoms with E-state index in [2.05, 4.69) is 10.1 Å². The van der Waals surface area contributed by atoms with E-state index < -0.39 is 11.6 Å². The molecule has 2 aliphatic carbocycles. The van der Waals surface area contributed by atoms with Crippen molar-refractivity contribution in [1.82, 2.24) is 15.0 Å². The van der Waals surface area contributed by atoms with Crippen LogP contribution in [0.4, 0.5) is 0 Å². The number of nitrogens with zero attached hydrogens (tertiary/aromatic N) is 3. The fraction of sp³-hybridized carbons (Fsp3) is 0.778. The highest BCUT2D eigenvalue weighted by Crippen LogP contribution is 2.42. The number of amides is 2. The van der Waals surface area contributed by atoms with Crippen LogP contribution in [-0.2, 0) is 15.1 Å². The number of imide groups is 1. The number of rotatable bonds is 5. The number of aromatic nitrogens is 2. The third kappa shape index (κ3) is 3.51. The highest BCUT2D eigenvalue weighted by molar-refractivity contribution is 7.98. The van der Waals surface area contributed by atoms with Gasteiger partial charge in [-0.15, -0.1) is 12.4 Å². The summed E-state index contributed by atoms with van der Waals surface area (Å²) in [6.07, 6.45) is 9.38. The van der Waals surface area contributed by atoms with Gasteiger partial charge in [-0.2, -0.15) is 16.7 Å². The Bertz CT molecular complexity index is 683. The summed E-state index contributed by atoms with van der Waals surface area (Å²) < 4.78 is 5.52. The van der Waals surface area contributed by atoms with Crippen LogP contribution in [0.2, 0.25) is 0 Å². The van der Waals surface area contributed by atoms with E-state index >= 15 is 0 Å². The van der Waals surface area contributed by atoms with Gasteiger partial charge in [-0.3, -0.25) is 14.5 Å². The van der Waals surface area contributed by atoms with E-state index in [-0.39, 0.29) is 36.1 Å². The second-order valence-corrected chi connectivity index (χ2v) is 8.75. The molecule has 2 saturated carbocycles. The number of likely N-dealkylation sites (tertiary alicyclic amines) is 1. The van der Waals surface area contributed by atoms with Crippen LogP contribution in [0.25, 0.3) is 0 Å². The Morgan fingerprint density at radius 3 is 2.33 bits per heavy atom.